The van der Waals surface area contributed by atoms with Crippen molar-refractivity contribution in [2.24, 2.45) is 0 Å². The molecule has 0 saturated heterocycles. The van der Waals surface area contributed by atoms with Crippen molar-refractivity contribution in [3.8, 4) is 0 Å². The molecular weight excluding hydrogens is 279 g/mol. The maximum atomic E-state index is 11.9. The average molecular weight is 299 g/mol. The Bertz CT molecular complexity index is 283. The Hall–Kier alpha value is -0.480. The molecule has 0 aromatic carbocycles. The summed E-state index contributed by atoms with van der Waals surface area (Å²) in [6.45, 7) is 4.11. The van der Waals surface area contributed by atoms with Crippen LogP contribution in [0.5, 0.6) is 0 Å². The largest absolute Gasteiger partial charge is 0.480 e. The highest BCUT2D eigenvalue weighted by molar-refractivity contribution is 6.44. The van der Waals surface area contributed by atoms with Crippen molar-refractivity contribution in [2.75, 3.05) is 6.61 Å². The van der Waals surface area contributed by atoms with Gasteiger partial charge < -0.3 is 9.84 Å². The van der Waals surface area contributed by atoms with E-state index in [1.165, 1.54) is 0 Å². The molecule has 2 atom stereocenters. The maximum absolute atomic E-state index is 11.9. The van der Waals surface area contributed by atoms with Crippen LogP contribution in [0, 0.1) is 0 Å². The van der Waals surface area contributed by atoms with Crippen LogP contribution in [-0.4, -0.2) is 33.9 Å². The molecule has 6 heteroatoms. The van der Waals surface area contributed by atoms with E-state index in [0.717, 1.165) is 12.8 Å². The molecule has 0 bridgehead atoms. The molecule has 4 nitrogen and oxygen atoms in total. The van der Waals surface area contributed by atoms with Gasteiger partial charge in [-0.2, -0.15) is 0 Å². The van der Waals surface area contributed by atoms with Gasteiger partial charge in [0.15, 0.2) is 10.3 Å². The monoisotopic (exact) mass is 298 g/mol. The second-order valence-electron chi connectivity index (χ2n) is 4.16. The average Bonchev–Trinajstić information content (AvgIpc) is 2.34. The highest BCUT2D eigenvalue weighted by Crippen LogP contribution is 2.32. The zero-order valence-corrected chi connectivity index (χ0v) is 12.3. The summed E-state index contributed by atoms with van der Waals surface area (Å²) in [6, 6.07) is 0. The first kappa shape index (κ1) is 17.5. The topological polar surface area (TPSA) is 63.6 Å². The third kappa shape index (κ3) is 5.02. The van der Waals surface area contributed by atoms with Crippen LogP contribution in [0.15, 0.2) is 0 Å². The summed E-state index contributed by atoms with van der Waals surface area (Å²) in [6.07, 6.45) is 3.19. The third-order valence-electron chi connectivity index (χ3n) is 2.58. The normalized spacial score (nSPS) is 15.8. The number of carbonyl (C=O) groups is 2. The van der Waals surface area contributed by atoms with Crippen LogP contribution in [0.3, 0.4) is 0 Å². The molecule has 1 N–H and O–H groups in total. The number of carboxylic acids is 1. The first-order valence-corrected chi connectivity index (χ1v) is 6.94. The summed E-state index contributed by atoms with van der Waals surface area (Å²) >= 11 is 11.8. The molecule has 0 aliphatic carbocycles. The second kappa shape index (κ2) is 8.59. The van der Waals surface area contributed by atoms with Crippen molar-refractivity contribution in [3.05, 3.63) is 0 Å². The lowest BCUT2D eigenvalue weighted by Gasteiger charge is -2.27. The number of alkyl halides is 2. The molecule has 0 heterocycles. The molecule has 0 fully saturated rings. The van der Waals surface area contributed by atoms with Gasteiger partial charge >= 0.3 is 11.9 Å². The smallest absolute Gasteiger partial charge is 0.329 e. The van der Waals surface area contributed by atoms with Gasteiger partial charge in [-0.3, -0.25) is 9.59 Å². The Balaban J connectivity index is 4.73. The van der Waals surface area contributed by atoms with Crippen LogP contribution in [-0.2, 0) is 14.3 Å². The highest BCUT2D eigenvalue weighted by atomic mass is 35.5. The van der Waals surface area contributed by atoms with Gasteiger partial charge in [-0.15, -0.1) is 23.2 Å². The molecule has 2 unspecified atom stereocenters. The maximum Gasteiger partial charge on any atom is 0.329 e. The van der Waals surface area contributed by atoms with Crippen LogP contribution in [0.2, 0.25) is 0 Å². The van der Waals surface area contributed by atoms with Gasteiger partial charge in [-0.1, -0.05) is 33.1 Å². The van der Waals surface area contributed by atoms with Crippen LogP contribution in [0.4, 0.5) is 0 Å². The summed E-state index contributed by atoms with van der Waals surface area (Å²) in [5.41, 5.74) is 0. The molecule has 0 saturated carbocycles. The van der Waals surface area contributed by atoms with Crippen molar-refractivity contribution in [1.29, 1.82) is 0 Å². The molecule has 18 heavy (non-hydrogen) atoms. The van der Waals surface area contributed by atoms with Gasteiger partial charge in [0.25, 0.3) is 0 Å². The Kier molecular flexibility index (Phi) is 8.36. The van der Waals surface area contributed by atoms with Crippen LogP contribution in [0.1, 0.15) is 46.0 Å². The third-order valence-corrected chi connectivity index (χ3v) is 3.82. The number of carboxylic acid groups (broad SMARTS) is 1. The molecule has 0 radical (unpaired) electrons. The zero-order valence-electron chi connectivity index (χ0n) is 10.7. The van der Waals surface area contributed by atoms with E-state index < -0.39 is 22.2 Å². The van der Waals surface area contributed by atoms with Gasteiger partial charge in [-0.25, -0.2) is 0 Å². The Morgan fingerprint density at radius 1 is 1.28 bits per heavy atom. The van der Waals surface area contributed by atoms with E-state index in [0.29, 0.717) is 12.8 Å². The van der Waals surface area contributed by atoms with Crippen molar-refractivity contribution >= 4 is 35.1 Å². The number of unbranched alkanes of at least 4 members (excludes halogenated alkanes) is 2. The summed E-state index contributed by atoms with van der Waals surface area (Å²) in [4.78, 5) is 21.1. The second-order valence-corrected chi connectivity index (χ2v) is 5.27. The fraction of sp³-hybridized carbons (Fsp3) is 0.833. The van der Waals surface area contributed by atoms with E-state index in [2.05, 4.69) is 0 Å². The number of rotatable bonds is 9. The first-order valence-electron chi connectivity index (χ1n) is 6.13. The molecular formula is C12H20Cl2O4. The predicted molar refractivity (Wildman–Crippen MR) is 71.3 cm³/mol. The molecule has 0 amide bonds. The summed E-state index contributed by atoms with van der Waals surface area (Å²) in [5, 5.41) is 7.43. The summed E-state index contributed by atoms with van der Waals surface area (Å²) < 4.78 is 5.00. The van der Waals surface area contributed by atoms with E-state index in [4.69, 9.17) is 33.0 Å². The first-order chi connectivity index (χ1) is 8.40. The lowest BCUT2D eigenvalue weighted by atomic mass is 9.97. The van der Waals surface area contributed by atoms with Crippen molar-refractivity contribution in [1.82, 2.24) is 0 Å². The molecule has 0 aromatic rings. The molecule has 0 aromatic heterocycles. The van der Waals surface area contributed by atoms with E-state index >= 15 is 0 Å². The van der Waals surface area contributed by atoms with Crippen molar-refractivity contribution < 1.29 is 19.4 Å². The van der Waals surface area contributed by atoms with Crippen LogP contribution >= 0.6 is 23.2 Å². The fourth-order valence-electron chi connectivity index (χ4n) is 1.39. The number of esters is 1. The van der Waals surface area contributed by atoms with Gasteiger partial charge in [-0.05, 0) is 12.8 Å². The number of hydrogen-bond donors (Lipinski definition) is 1. The van der Waals surface area contributed by atoms with E-state index in [1.807, 2.05) is 13.8 Å². The Labute approximate surface area is 118 Å². The molecule has 0 spiro atoms. The number of ether oxygens (including phenoxy) is 1. The van der Waals surface area contributed by atoms with Gasteiger partial charge in [0.2, 0.25) is 0 Å². The fourth-order valence-corrected chi connectivity index (χ4v) is 1.87. The lowest BCUT2D eigenvalue weighted by Crippen LogP contribution is -2.47. The standard InChI is InChI=1S/C12H20Cl2O4/c1-3-5-7-12(14,9(13)10(15)16)11(17)18-8-6-4-2/h9H,3-8H2,1-2H3,(H,15,16). The zero-order chi connectivity index (χ0) is 14.2. The number of aliphatic carboxylic acids is 1. The van der Waals surface area contributed by atoms with Gasteiger partial charge in [0, 0.05) is 0 Å². The van der Waals surface area contributed by atoms with Crippen molar-refractivity contribution in [3.63, 3.8) is 0 Å². The lowest BCUT2D eigenvalue weighted by molar-refractivity contribution is -0.151. The number of hydrogen-bond acceptors (Lipinski definition) is 3. The quantitative estimate of drug-likeness (QED) is 0.403. The minimum atomic E-state index is -1.68. The van der Waals surface area contributed by atoms with E-state index in [1.54, 1.807) is 0 Å². The van der Waals surface area contributed by atoms with Crippen molar-refractivity contribution in [2.45, 2.75) is 56.2 Å². The minimum absolute atomic E-state index is 0.191. The van der Waals surface area contributed by atoms with Gasteiger partial charge in [0.1, 0.15) is 0 Å². The molecule has 0 aliphatic heterocycles. The predicted octanol–water partition coefficient (Wildman–Crippen LogP) is 3.19. The van der Waals surface area contributed by atoms with Gasteiger partial charge in [0.05, 0.1) is 6.61 Å². The summed E-state index contributed by atoms with van der Waals surface area (Å²) in [7, 11) is 0. The van der Waals surface area contributed by atoms with E-state index in [-0.39, 0.29) is 13.0 Å². The molecule has 106 valence electrons. The number of halogens is 2. The number of carbonyl (C=O) groups excluding carboxylic acids is 1. The van der Waals surface area contributed by atoms with E-state index in [9.17, 15) is 9.59 Å². The van der Waals surface area contributed by atoms with Crippen LogP contribution < -0.4 is 0 Å². The Morgan fingerprint density at radius 3 is 2.28 bits per heavy atom. The van der Waals surface area contributed by atoms with Crippen LogP contribution in [0.25, 0.3) is 0 Å². The Morgan fingerprint density at radius 2 is 1.83 bits per heavy atom. The summed E-state index contributed by atoms with van der Waals surface area (Å²) in [5.74, 6) is -2.05. The molecule has 0 aliphatic rings. The highest BCUT2D eigenvalue weighted by Gasteiger charge is 2.48. The minimum Gasteiger partial charge on any atom is -0.480 e. The SMILES string of the molecule is CCCCOC(=O)C(Cl)(CCCC)C(Cl)C(=O)O. The molecule has 0 rings (SSSR count).